The Balaban J connectivity index is 2.50. The first-order chi connectivity index (χ1) is 11.6. The molecule has 0 aliphatic heterocycles. The Morgan fingerprint density at radius 2 is 1.92 bits per heavy atom. The summed E-state index contributed by atoms with van der Waals surface area (Å²) in [5.41, 5.74) is 5.57. The van der Waals surface area contributed by atoms with Crippen LogP contribution in [-0.4, -0.2) is 11.6 Å². The van der Waals surface area contributed by atoms with Crippen molar-refractivity contribution in [3.05, 3.63) is 45.7 Å². The third-order valence-electron chi connectivity index (χ3n) is 3.29. The first kappa shape index (κ1) is 16.6. The summed E-state index contributed by atoms with van der Waals surface area (Å²) in [7, 11) is 0. The molecule has 1 aromatic heterocycles. The van der Waals surface area contributed by atoms with Gasteiger partial charge in [0.15, 0.2) is 0 Å². The molecule has 0 saturated heterocycles. The molecule has 0 amide bonds. The van der Waals surface area contributed by atoms with Crippen molar-refractivity contribution < 1.29 is 4.74 Å². The molecule has 0 atom stereocenters. The van der Waals surface area contributed by atoms with Gasteiger partial charge in [0, 0.05) is 12.0 Å². The van der Waals surface area contributed by atoms with Gasteiger partial charge in [-0.25, -0.2) is 0 Å². The van der Waals surface area contributed by atoms with Crippen LogP contribution in [0.3, 0.4) is 0 Å². The minimum Gasteiger partial charge on any atom is -0.494 e. The van der Waals surface area contributed by atoms with Crippen LogP contribution in [0.25, 0.3) is 11.1 Å². The van der Waals surface area contributed by atoms with Crippen molar-refractivity contribution in [3.8, 4) is 35.1 Å². The van der Waals surface area contributed by atoms with Crippen molar-refractivity contribution in [2.75, 3.05) is 12.3 Å². The molecule has 118 valence electrons. The standard InChI is InChI=1S/C17H13N5O2/c18-6-1-2-7-24-12-5-3-4-11(8-12)15-13(9-19)16(21)22-17(23)14(15)10-20/h3-5,8H,1-2,7H2,(H3,21,22,23). The molecular weight excluding hydrogens is 306 g/mol. The number of aromatic amines is 1. The fourth-order valence-electron chi connectivity index (χ4n) is 2.21. The molecule has 1 aromatic carbocycles. The number of rotatable bonds is 5. The van der Waals surface area contributed by atoms with E-state index in [1.807, 2.05) is 18.2 Å². The smallest absolute Gasteiger partial charge is 0.268 e. The van der Waals surface area contributed by atoms with Gasteiger partial charge in [-0.1, -0.05) is 12.1 Å². The lowest BCUT2D eigenvalue weighted by molar-refractivity contribution is 0.313. The maximum Gasteiger partial charge on any atom is 0.268 e. The van der Waals surface area contributed by atoms with E-state index >= 15 is 0 Å². The molecule has 0 radical (unpaired) electrons. The summed E-state index contributed by atoms with van der Waals surface area (Å²) in [6, 6.07) is 12.5. The molecule has 0 spiro atoms. The second kappa shape index (κ2) is 7.49. The lowest BCUT2D eigenvalue weighted by Gasteiger charge is -2.11. The SMILES string of the molecule is N#CCCCOc1cccc(-c2c(C#N)c(N)[nH]c(=O)c2C#N)c1. The lowest BCUT2D eigenvalue weighted by Crippen LogP contribution is -2.16. The van der Waals surface area contributed by atoms with Gasteiger partial charge in [0.2, 0.25) is 0 Å². The van der Waals surface area contributed by atoms with E-state index in [-0.39, 0.29) is 22.5 Å². The monoisotopic (exact) mass is 319 g/mol. The van der Waals surface area contributed by atoms with E-state index < -0.39 is 5.56 Å². The normalized spacial score (nSPS) is 9.54. The Morgan fingerprint density at radius 3 is 2.58 bits per heavy atom. The number of nitrogens with zero attached hydrogens (tertiary/aromatic N) is 3. The molecule has 1 heterocycles. The number of pyridine rings is 1. The van der Waals surface area contributed by atoms with E-state index in [0.29, 0.717) is 30.8 Å². The van der Waals surface area contributed by atoms with Crippen LogP contribution in [0.5, 0.6) is 5.75 Å². The second-order valence-electron chi connectivity index (χ2n) is 4.85. The number of ether oxygens (including phenoxy) is 1. The predicted octanol–water partition coefficient (Wildman–Crippen LogP) is 2.05. The van der Waals surface area contributed by atoms with Crippen LogP contribution in [0.15, 0.2) is 29.1 Å². The molecule has 7 heteroatoms. The van der Waals surface area contributed by atoms with Crippen molar-refractivity contribution in [2.45, 2.75) is 12.8 Å². The van der Waals surface area contributed by atoms with Gasteiger partial charge in [-0.15, -0.1) is 0 Å². The summed E-state index contributed by atoms with van der Waals surface area (Å²) in [4.78, 5) is 14.2. The van der Waals surface area contributed by atoms with E-state index in [1.54, 1.807) is 24.3 Å². The van der Waals surface area contributed by atoms with Gasteiger partial charge < -0.3 is 15.5 Å². The zero-order chi connectivity index (χ0) is 17.5. The number of unbranched alkanes of at least 4 members (excludes halogenated alkanes) is 1. The molecule has 2 rings (SSSR count). The molecular formula is C17H13N5O2. The summed E-state index contributed by atoms with van der Waals surface area (Å²) in [6.45, 7) is 0.366. The lowest BCUT2D eigenvalue weighted by atomic mass is 9.96. The van der Waals surface area contributed by atoms with Crippen LogP contribution in [-0.2, 0) is 0 Å². The van der Waals surface area contributed by atoms with Gasteiger partial charge in [-0.2, -0.15) is 15.8 Å². The number of anilines is 1. The fourth-order valence-corrected chi connectivity index (χ4v) is 2.21. The van der Waals surface area contributed by atoms with Crippen LogP contribution in [0.4, 0.5) is 5.82 Å². The third kappa shape index (κ3) is 3.35. The Hall–Kier alpha value is -3.76. The van der Waals surface area contributed by atoms with E-state index in [9.17, 15) is 15.3 Å². The highest BCUT2D eigenvalue weighted by atomic mass is 16.5. The number of nitrogen functional groups attached to an aromatic ring is 1. The number of aromatic nitrogens is 1. The van der Waals surface area contributed by atoms with Crippen LogP contribution >= 0.6 is 0 Å². The van der Waals surface area contributed by atoms with Crippen LogP contribution in [0, 0.1) is 34.0 Å². The molecule has 24 heavy (non-hydrogen) atoms. The zero-order valence-electron chi connectivity index (χ0n) is 12.7. The number of benzene rings is 1. The Kier molecular flexibility index (Phi) is 5.18. The largest absolute Gasteiger partial charge is 0.494 e. The molecule has 0 fully saturated rings. The van der Waals surface area contributed by atoms with Crippen molar-refractivity contribution in [1.82, 2.24) is 4.98 Å². The van der Waals surface area contributed by atoms with Crippen molar-refractivity contribution >= 4 is 5.82 Å². The van der Waals surface area contributed by atoms with E-state index in [4.69, 9.17) is 15.7 Å². The second-order valence-corrected chi connectivity index (χ2v) is 4.85. The van der Waals surface area contributed by atoms with Crippen molar-refractivity contribution in [1.29, 1.82) is 15.8 Å². The molecule has 0 saturated carbocycles. The van der Waals surface area contributed by atoms with Gasteiger partial charge in [0.25, 0.3) is 5.56 Å². The number of H-pyrrole nitrogens is 1. The van der Waals surface area contributed by atoms with Crippen LogP contribution < -0.4 is 16.0 Å². The number of nitrogens with two attached hydrogens (primary N) is 1. The van der Waals surface area contributed by atoms with E-state index in [1.165, 1.54) is 0 Å². The van der Waals surface area contributed by atoms with Crippen molar-refractivity contribution in [3.63, 3.8) is 0 Å². The zero-order valence-corrected chi connectivity index (χ0v) is 12.7. The van der Waals surface area contributed by atoms with Crippen LogP contribution in [0.2, 0.25) is 0 Å². The average molecular weight is 319 g/mol. The minimum absolute atomic E-state index is 0.0350. The van der Waals surface area contributed by atoms with Gasteiger partial charge >= 0.3 is 0 Å². The van der Waals surface area contributed by atoms with E-state index in [0.717, 1.165) is 0 Å². The van der Waals surface area contributed by atoms with Crippen molar-refractivity contribution in [2.24, 2.45) is 0 Å². The Labute approximate surface area is 138 Å². The summed E-state index contributed by atoms with van der Waals surface area (Å²) < 4.78 is 5.54. The molecule has 3 N–H and O–H groups in total. The summed E-state index contributed by atoms with van der Waals surface area (Å²) >= 11 is 0. The first-order valence-corrected chi connectivity index (χ1v) is 7.08. The predicted molar refractivity (Wildman–Crippen MR) is 86.7 cm³/mol. The van der Waals surface area contributed by atoms with Crippen LogP contribution in [0.1, 0.15) is 24.0 Å². The summed E-state index contributed by atoms with van der Waals surface area (Å²) in [6.07, 6.45) is 0.979. The topological polar surface area (TPSA) is 139 Å². The molecule has 0 bridgehead atoms. The molecule has 7 nitrogen and oxygen atoms in total. The molecule has 2 aromatic rings. The summed E-state index contributed by atoms with van der Waals surface area (Å²) in [5.74, 6) is 0.425. The molecule has 0 aliphatic carbocycles. The van der Waals surface area contributed by atoms with E-state index in [2.05, 4.69) is 4.98 Å². The maximum atomic E-state index is 11.9. The highest BCUT2D eigenvalue weighted by Crippen LogP contribution is 2.30. The minimum atomic E-state index is -0.649. The molecule has 0 unspecified atom stereocenters. The fraction of sp³-hybridized carbons (Fsp3) is 0.176. The Morgan fingerprint density at radius 1 is 1.17 bits per heavy atom. The van der Waals surface area contributed by atoms with Gasteiger partial charge in [0.1, 0.15) is 34.8 Å². The highest BCUT2D eigenvalue weighted by molar-refractivity contribution is 5.80. The quantitative estimate of drug-likeness (QED) is 0.808. The Bertz CT molecular complexity index is 941. The molecule has 0 aliphatic rings. The number of nitriles is 3. The van der Waals surface area contributed by atoms with Gasteiger partial charge in [-0.3, -0.25) is 4.79 Å². The number of nitrogens with one attached hydrogen (secondary N) is 1. The highest BCUT2D eigenvalue weighted by Gasteiger charge is 2.18. The summed E-state index contributed by atoms with van der Waals surface area (Å²) in [5, 5.41) is 27.1. The first-order valence-electron chi connectivity index (χ1n) is 7.08. The van der Waals surface area contributed by atoms with Gasteiger partial charge in [0.05, 0.1) is 12.7 Å². The third-order valence-corrected chi connectivity index (χ3v) is 3.29. The van der Waals surface area contributed by atoms with Gasteiger partial charge in [-0.05, 0) is 24.1 Å². The maximum absolute atomic E-state index is 11.9. The average Bonchev–Trinajstić information content (AvgIpc) is 2.58. The number of hydrogen-bond donors (Lipinski definition) is 2. The number of hydrogen-bond acceptors (Lipinski definition) is 6.